The van der Waals surface area contributed by atoms with Gasteiger partial charge in [0.2, 0.25) is 5.91 Å². The van der Waals surface area contributed by atoms with Crippen molar-refractivity contribution in [2.75, 3.05) is 18.5 Å². The number of ether oxygens (including phenoxy) is 2. The molecule has 0 saturated heterocycles. The molecule has 1 aliphatic carbocycles. The Morgan fingerprint density at radius 3 is 2.50 bits per heavy atom. The van der Waals surface area contributed by atoms with E-state index in [1.165, 1.54) is 11.3 Å². The number of esters is 2. The third kappa shape index (κ3) is 5.06. The third-order valence-corrected chi connectivity index (χ3v) is 5.71. The minimum absolute atomic E-state index is 0.0252. The average Bonchev–Trinajstić information content (AvgIpc) is 2.97. The van der Waals surface area contributed by atoms with E-state index in [1.807, 2.05) is 0 Å². The van der Waals surface area contributed by atoms with Gasteiger partial charge in [-0.15, -0.1) is 11.3 Å². The summed E-state index contributed by atoms with van der Waals surface area (Å²) in [5, 5.41) is 3.35. The van der Waals surface area contributed by atoms with Gasteiger partial charge in [0.05, 0.1) is 25.2 Å². The molecule has 0 saturated carbocycles. The molecule has 0 fully saturated rings. The second-order valence-electron chi connectivity index (χ2n) is 6.30. The van der Waals surface area contributed by atoms with Gasteiger partial charge in [-0.2, -0.15) is 0 Å². The minimum Gasteiger partial charge on any atom is -0.466 e. The number of amides is 1. The van der Waals surface area contributed by atoms with Gasteiger partial charge in [-0.25, -0.2) is 4.79 Å². The molecule has 1 N–H and O–H groups in total. The number of rotatable bonds is 8. The Morgan fingerprint density at radius 2 is 1.85 bits per heavy atom. The lowest BCUT2D eigenvalue weighted by Gasteiger charge is -2.20. The Morgan fingerprint density at radius 1 is 1.12 bits per heavy atom. The lowest BCUT2D eigenvalue weighted by atomic mass is 9.85. The maximum atomic E-state index is 12.4. The predicted octanol–water partition coefficient (Wildman–Crippen LogP) is 3.72. The molecule has 26 heavy (non-hydrogen) atoms. The van der Waals surface area contributed by atoms with Crippen molar-refractivity contribution >= 4 is 34.2 Å². The van der Waals surface area contributed by atoms with Crippen molar-refractivity contribution in [1.82, 2.24) is 0 Å². The fourth-order valence-electron chi connectivity index (χ4n) is 3.15. The van der Waals surface area contributed by atoms with Crippen molar-refractivity contribution in [1.29, 1.82) is 0 Å². The Hall–Kier alpha value is -1.89. The first kappa shape index (κ1) is 20.4. The SMILES string of the molecule is CCOC(=O)CCC(=O)Nc1sc2c(c1C(=O)OCC)CC[C@@H](CC)C2. The van der Waals surface area contributed by atoms with E-state index in [0.717, 1.165) is 36.1 Å². The van der Waals surface area contributed by atoms with Crippen molar-refractivity contribution in [3.63, 3.8) is 0 Å². The van der Waals surface area contributed by atoms with E-state index in [0.29, 0.717) is 23.1 Å². The van der Waals surface area contributed by atoms with Crippen LogP contribution in [0.5, 0.6) is 0 Å². The van der Waals surface area contributed by atoms with E-state index < -0.39 is 5.97 Å². The fraction of sp³-hybridized carbons (Fsp3) is 0.632. The van der Waals surface area contributed by atoms with E-state index in [4.69, 9.17) is 9.47 Å². The van der Waals surface area contributed by atoms with Crippen LogP contribution in [0.2, 0.25) is 0 Å². The summed E-state index contributed by atoms with van der Waals surface area (Å²) in [5.41, 5.74) is 1.50. The highest BCUT2D eigenvalue weighted by Crippen LogP contribution is 2.40. The van der Waals surface area contributed by atoms with Gasteiger partial charge >= 0.3 is 11.9 Å². The molecule has 0 aromatic carbocycles. The summed E-state index contributed by atoms with van der Waals surface area (Å²) in [6, 6.07) is 0. The molecular formula is C19H27NO5S. The first-order valence-corrected chi connectivity index (χ1v) is 10.1. The standard InChI is InChI=1S/C19H27NO5S/c1-4-12-7-8-13-14(11-12)26-18(17(13)19(23)25-6-3)20-15(21)9-10-16(22)24-5-2/h12H,4-11H2,1-3H3,(H,20,21)/t12-/m1/s1. The molecule has 7 heteroatoms. The molecule has 144 valence electrons. The van der Waals surface area contributed by atoms with Crippen molar-refractivity contribution in [2.45, 2.75) is 59.3 Å². The van der Waals surface area contributed by atoms with E-state index in [9.17, 15) is 14.4 Å². The number of thiophene rings is 1. The highest BCUT2D eigenvalue weighted by molar-refractivity contribution is 7.17. The lowest BCUT2D eigenvalue weighted by molar-refractivity contribution is -0.144. The molecule has 1 aromatic rings. The van der Waals surface area contributed by atoms with Crippen LogP contribution in [0.4, 0.5) is 5.00 Å². The summed E-state index contributed by atoms with van der Waals surface area (Å²) < 4.78 is 10.0. The van der Waals surface area contributed by atoms with Crippen LogP contribution in [0.25, 0.3) is 0 Å². The van der Waals surface area contributed by atoms with Gasteiger partial charge in [-0.3, -0.25) is 9.59 Å². The zero-order chi connectivity index (χ0) is 19.1. The molecule has 0 aliphatic heterocycles. The van der Waals surface area contributed by atoms with Gasteiger partial charge in [-0.05, 0) is 44.6 Å². The summed E-state index contributed by atoms with van der Waals surface area (Å²) in [4.78, 5) is 37.2. The molecule has 1 aromatic heterocycles. The van der Waals surface area contributed by atoms with E-state index in [2.05, 4.69) is 12.2 Å². The molecule has 0 spiro atoms. The first-order chi connectivity index (χ1) is 12.5. The quantitative estimate of drug-likeness (QED) is 0.694. The molecule has 1 amide bonds. The zero-order valence-electron chi connectivity index (χ0n) is 15.7. The van der Waals surface area contributed by atoms with Crippen LogP contribution in [-0.2, 0) is 31.9 Å². The van der Waals surface area contributed by atoms with Crippen LogP contribution in [0, 0.1) is 5.92 Å². The summed E-state index contributed by atoms with van der Waals surface area (Å²) in [6.45, 7) is 6.25. The summed E-state index contributed by atoms with van der Waals surface area (Å²) >= 11 is 1.46. The molecule has 1 heterocycles. The van der Waals surface area contributed by atoms with Crippen LogP contribution < -0.4 is 5.32 Å². The van der Waals surface area contributed by atoms with E-state index in [-0.39, 0.29) is 31.3 Å². The number of hydrogen-bond donors (Lipinski definition) is 1. The lowest BCUT2D eigenvalue weighted by Crippen LogP contribution is -2.18. The second-order valence-corrected chi connectivity index (χ2v) is 7.40. The fourth-order valence-corrected chi connectivity index (χ4v) is 4.51. The van der Waals surface area contributed by atoms with Crippen LogP contribution >= 0.6 is 11.3 Å². The highest BCUT2D eigenvalue weighted by atomic mass is 32.1. The van der Waals surface area contributed by atoms with Gasteiger partial charge in [0.1, 0.15) is 5.00 Å². The maximum Gasteiger partial charge on any atom is 0.341 e. The monoisotopic (exact) mass is 381 g/mol. The predicted molar refractivity (Wildman–Crippen MR) is 101 cm³/mol. The second kappa shape index (κ2) is 9.71. The average molecular weight is 381 g/mol. The molecule has 2 rings (SSSR count). The molecular weight excluding hydrogens is 354 g/mol. The molecule has 0 radical (unpaired) electrons. The highest BCUT2D eigenvalue weighted by Gasteiger charge is 2.29. The van der Waals surface area contributed by atoms with Gasteiger partial charge in [0.25, 0.3) is 0 Å². The van der Waals surface area contributed by atoms with E-state index in [1.54, 1.807) is 13.8 Å². The number of fused-ring (bicyclic) bond motifs is 1. The zero-order valence-corrected chi connectivity index (χ0v) is 16.5. The van der Waals surface area contributed by atoms with Crippen LogP contribution in [-0.4, -0.2) is 31.1 Å². The summed E-state index contributed by atoms with van der Waals surface area (Å²) in [7, 11) is 0. The van der Waals surface area contributed by atoms with E-state index >= 15 is 0 Å². The number of carbonyl (C=O) groups excluding carboxylic acids is 3. The summed E-state index contributed by atoms with van der Waals surface area (Å²) in [5.74, 6) is -0.469. The molecule has 1 aliphatic rings. The molecule has 6 nitrogen and oxygen atoms in total. The smallest absolute Gasteiger partial charge is 0.341 e. The van der Waals surface area contributed by atoms with Gasteiger partial charge in [-0.1, -0.05) is 13.3 Å². The number of anilines is 1. The van der Waals surface area contributed by atoms with Crippen LogP contribution in [0.3, 0.4) is 0 Å². The maximum absolute atomic E-state index is 12.4. The van der Waals surface area contributed by atoms with Gasteiger partial charge in [0.15, 0.2) is 0 Å². The van der Waals surface area contributed by atoms with Gasteiger partial charge < -0.3 is 14.8 Å². The number of carbonyl (C=O) groups is 3. The van der Waals surface area contributed by atoms with Gasteiger partial charge in [0, 0.05) is 11.3 Å². The molecule has 1 atom stereocenters. The van der Waals surface area contributed by atoms with Crippen molar-refractivity contribution in [3.8, 4) is 0 Å². The number of nitrogens with one attached hydrogen (secondary N) is 1. The molecule has 0 unspecified atom stereocenters. The Labute approximate surface area is 158 Å². The van der Waals surface area contributed by atoms with Crippen molar-refractivity contribution in [3.05, 3.63) is 16.0 Å². The Kier molecular flexibility index (Phi) is 7.63. The third-order valence-electron chi connectivity index (χ3n) is 4.54. The normalized spacial score (nSPS) is 15.9. The van der Waals surface area contributed by atoms with Crippen LogP contribution in [0.1, 0.15) is 67.3 Å². The largest absolute Gasteiger partial charge is 0.466 e. The topological polar surface area (TPSA) is 81.7 Å². The Bertz CT molecular complexity index is 667. The first-order valence-electron chi connectivity index (χ1n) is 9.27. The molecule has 0 bridgehead atoms. The number of hydrogen-bond acceptors (Lipinski definition) is 6. The van der Waals surface area contributed by atoms with Crippen molar-refractivity contribution < 1.29 is 23.9 Å². The minimum atomic E-state index is -0.399. The Balaban J connectivity index is 2.16. The van der Waals surface area contributed by atoms with Crippen molar-refractivity contribution in [2.24, 2.45) is 5.92 Å². The summed E-state index contributed by atoms with van der Waals surface area (Å²) in [6.07, 6.45) is 3.97. The van der Waals surface area contributed by atoms with Crippen LogP contribution in [0.15, 0.2) is 0 Å².